The van der Waals surface area contributed by atoms with Gasteiger partial charge in [-0.15, -0.1) is 10.2 Å². The molecule has 0 radical (unpaired) electrons. The molecule has 1 N–H and O–H groups in total. The maximum absolute atomic E-state index is 5.70. The van der Waals surface area contributed by atoms with Gasteiger partial charge < -0.3 is 4.74 Å². The van der Waals surface area contributed by atoms with E-state index in [-0.39, 0.29) is 0 Å². The first kappa shape index (κ1) is 11.4. The van der Waals surface area contributed by atoms with E-state index < -0.39 is 0 Å². The third-order valence-electron chi connectivity index (χ3n) is 2.68. The molecular weight excluding hydrogens is 240 g/mol. The van der Waals surface area contributed by atoms with E-state index in [9.17, 15) is 0 Å². The molecule has 5 nitrogen and oxygen atoms in total. The summed E-state index contributed by atoms with van der Waals surface area (Å²) >= 11 is 0. The molecule has 1 heterocycles. The van der Waals surface area contributed by atoms with Crippen LogP contribution in [-0.2, 0) is 6.61 Å². The fourth-order valence-corrected chi connectivity index (χ4v) is 1.77. The molecular formula is C14H12N4O. The predicted octanol–water partition coefficient (Wildman–Crippen LogP) is 2.45. The van der Waals surface area contributed by atoms with Gasteiger partial charge in [0.25, 0.3) is 0 Å². The fourth-order valence-electron chi connectivity index (χ4n) is 1.77. The van der Waals surface area contributed by atoms with Crippen LogP contribution in [0.3, 0.4) is 0 Å². The topological polar surface area (TPSA) is 63.7 Å². The second kappa shape index (κ2) is 5.30. The van der Waals surface area contributed by atoms with E-state index in [1.54, 1.807) is 0 Å². The second-order valence-corrected chi connectivity index (χ2v) is 4.04. The van der Waals surface area contributed by atoms with Gasteiger partial charge >= 0.3 is 0 Å². The van der Waals surface area contributed by atoms with Crippen LogP contribution < -0.4 is 4.74 Å². The van der Waals surface area contributed by atoms with E-state index in [1.165, 1.54) is 0 Å². The number of rotatable bonds is 4. The van der Waals surface area contributed by atoms with Crippen LogP contribution >= 0.6 is 0 Å². The molecule has 0 spiro atoms. The number of H-pyrrole nitrogens is 1. The Morgan fingerprint density at radius 2 is 1.89 bits per heavy atom. The molecule has 0 aliphatic rings. The van der Waals surface area contributed by atoms with Crippen molar-refractivity contribution in [2.45, 2.75) is 6.61 Å². The number of hydrogen-bond acceptors (Lipinski definition) is 4. The number of aromatic nitrogens is 4. The third kappa shape index (κ3) is 2.77. The summed E-state index contributed by atoms with van der Waals surface area (Å²) in [6.45, 7) is 0.510. The zero-order chi connectivity index (χ0) is 12.9. The van der Waals surface area contributed by atoms with Gasteiger partial charge in [-0.2, -0.15) is 5.21 Å². The summed E-state index contributed by atoms with van der Waals surface area (Å²) in [5.41, 5.74) is 1.98. The van der Waals surface area contributed by atoms with Crippen LogP contribution in [0, 0.1) is 0 Å². The zero-order valence-corrected chi connectivity index (χ0v) is 10.2. The van der Waals surface area contributed by atoms with E-state index in [4.69, 9.17) is 4.74 Å². The van der Waals surface area contributed by atoms with Crippen LogP contribution in [0.15, 0.2) is 54.6 Å². The van der Waals surface area contributed by atoms with E-state index in [0.29, 0.717) is 12.4 Å². The monoisotopic (exact) mass is 252 g/mol. The van der Waals surface area contributed by atoms with E-state index in [1.807, 2.05) is 54.6 Å². The van der Waals surface area contributed by atoms with Crippen molar-refractivity contribution in [2.24, 2.45) is 0 Å². The van der Waals surface area contributed by atoms with Gasteiger partial charge in [-0.25, -0.2) is 0 Å². The van der Waals surface area contributed by atoms with Crippen LogP contribution in [0.25, 0.3) is 11.4 Å². The molecule has 19 heavy (non-hydrogen) atoms. The number of nitrogens with zero attached hydrogens (tertiary/aromatic N) is 3. The summed E-state index contributed by atoms with van der Waals surface area (Å²) in [5.74, 6) is 1.44. The summed E-state index contributed by atoms with van der Waals surface area (Å²) in [7, 11) is 0. The molecule has 0 fully saturated rings. The highest BCUT2D eigenvalue weighted by atomic mass is 16.5. The van der Waals surface area contributed by atoms with Crippen molar-refractivity contribution in [3.8, 4) is 17.1 Å². The lowest BCUT2D eigenvalue weighted by Gasteiger charge is -2.06. The number of para-hydroxylation sites is 1. The first-order valence-corrected chi connectivity index (χ1v) is 5.92. The molecule has 0 aliphatic carbocycles. The van der Waals surface area contributed by atoms with Crippen molar-refractivity contribution in [1.29, 1.82) is 0 Å². The minimum atomic E-state index is 0.510. The van der Waals surface area contributed by atoms with Crippen molar-refractivity contribution in [3.63, 3.8) is 0 Å². The smallest absolute Gasteiger partial charge is 0.204 e. The van der Waals surface area contributed by atoms with E-state index in [0.717, 1.165) is 16.9 Å². The lowest BCUT2D eigenvalue weighted by Crippen LogP contribution is -1.95. The Morgan fingerprint density at radius 1 is 1.00 bits per heavy atom. The minimum absolute atomic E-state index is 0.510. The largest absolute Gasteiger partial charge is 0.489 e. The first-order chi connectivity index (χ1) is 9.42. The number of hydrogen-bond donors (Lipinski definition) is 1. The Morgan fingerprint density at radius 3 is 2.68 bits per heavy atom. The van der Waals surface area contributed by atoms with Gasteiger partial charge in [0.05, 0.1) is 0 Å². The van der Waals surface area contributed by atoms with E-state index in [2.05, 4.69) is 20.6 Å². The van der Waals surface area contributed by atoms with Crippen molar-refractivity contribution < 1.29 is 4.74 Å². The SMILES string of the molecule is c1ccc(OCc2cccc(-c3nn[nH]n3)c2)cc1. The molecule has 0 atom stereocenters. The van der Waals surface area contributed by atoms with Gasteiger partial charge in [0.15, 0.2) is 0 Å². The quantitative estimate of drug-likeness (QED) is 0.774. The van der Waals surface area contributed by atoms with Gasteiger partial charge in [0, 0.05) is 5.56 Å². The van der Waals surface area contributed by atoms with E-state index >= 15 is 0 Å². The van der Waals surface area contributed by atoms with Gasteiger partial charge in [0.2, 0.25) is 5.82 Å². The molecule has 0 saturated heterocycles. The molecule has 0 unspecified atom stereocenters. The Balaban J connectivity index is 1.74. The third-order valence-corrected chi connectivity index (χ3v) is 2.68. The number of aromatic amines is 1. The molecule has 0 saturated carbocycles. The average molecular weight is 252 g/mol. The van der Waals surface area contributed by atoms with Gasteiger partial charge in [-0.3, -0.25) is 0 Å². The summed E-state index contributed by atoms with van der Waals surface area (Å²) in [4.78, 5) is 0. The standard InChI is InChI=1S/C14H12N4O/c1-2-7-13(8-3-1)19-10-11-5-4-6-12(9-11)14-15-17-18-16-14/h1-9H,10H2,(H,15,16,17,18). The molecule has 0 aliphatic heterocycles. The van der Waals surface area contributed by atoms with Crippen LogP contribution in [0.1, 0.15) is 5.56 Å². The summed E-state index contributed by atoms with van der Waals surface area (Å²) in [6.07, 6.45) is 0. The van der Waals surface area contributed by atoms with Gasteiger partial charge in [-0.1, -0.05) is 36.4 Å². The predicted molar refractivity (Wildman–Crippen MR) is 70.4 cm³/mol. The second-order valence-electron chi connectivity index (χ2n) is 4.04. The van der Waals surface area contributed by atoms with Crippen molar-refractivity contribution in [1.82, 2.24) is 20.6 Å². The van der Waals surface area contributed by atoms with Crippen LogP contribution in [-0.4, -0.2) is 20.6 Å². The maximum Gasteiger partial charge on any atom is 0.204 e. The van der Waals surface area contributed by atoms with Crippen LogP contribution in [0.4, 0.5) is 0 Å². The average Bonchev–Trinajstić information content (AvgIpc) is 3.01. The summed E-state index contributed by atoms with van der Waals surface area (Å²) in [6, 6.07) is 17.6. The summed E-state index contributed by atoms with van der Waals surface area (Å²) < 4.78 is 5.70. The van der Waals surface area contributed by atoms with Gasteiger partial charge in [-0.05, 0) is 29.0 Å². The number of benzene rings is 2. The van der Waals surface area contributed by atoms with Crippen LogP contribution in [0.5, 0.6) is 5.75 Å². The molecule has 5 heteroatoms. The van der Waals surface area contributed by atoms with Crippen molar-refractivity contribution in [3.05, 3.63) is 60.2 Å². The first-order valence-electron chi connectivity index (χ1n) is 5.92. The number of nitrogens with one attached hydrogen (secondary N) is 1. The molecule has 3 aromatic rings. The highest BCUT2D eigenvalue weighted by molar-refractivity contribution is 5.54. The Kier molecular flexibility index (Phi) is 3.18. The highest BCUT2D eigenvalue weighted by Crippen LogP contribution is 2.17. The Hall–Kier alpha value is -2.69. The number of ether oxygens (including phenoxy) is 1. The van der Waals surface area contributed by atoms with Crippen molar-refractivity contribution >= 4 is 0 Å². The zero-order valence-electron chi connectivity index (χ0n) is 10.2. The lowest BCUT2D eigenvalue weighted by atomic mass is 10.1. The maximum atomic E-state index is 5.70. The lowest BCUT2D eigenvalue weighted by molar-refractivity contribution is 0.306. The summed E-state index contributed by atoms with van der Waals surface area (Å²) in [5, 5.41) is 13.9. The molecule has 0 bridgehead atoms. The normalized spacial score (nSPS) is 10.3. The molecule has 3 rings (SSSR count). The molecule has 94 valence electrons. The molecule has 1 aromatic heterocycles. The van der Waals surface area contributed by atoms with Crippen LogP contribution in [0.2, 0.25) is 0 Å². The molecule has 0 amide bonds. The minimum Gasteiger partial charge on any atom is -0.489 e. The Bertz CT molecular complexity index is 638. The highest BCUT2D eigenvalue weighted by Gasteiger charge is 2.03. The molecule has 2 aromatic carbocycles. The number of tetrazole rings is 1. The van der Waals surface area contributed by atoms with Gasteiger partial charge in [0.1, 0.15) is 12.4 Å². The fraction of sp³-hybridized carbons (Fsp3) is 0.0714. The van der Waals surface area contributed by atoms with Crippen molar-refractivity contribution in [2.75, 3.05) is 0 Å². The Labute approximate surface area is 110 Å².